The highest BCUT2D eigenvalue weighted by molar-refractivity contribution is 7.88. The molecule has 1 amide bonds. The highest BCUT2D eigenvalue weighted by Crippen LogP contribution is 2.20. The summed E-state index contributed by atoms with van der Waals surface area (Å²) in [5, 5.41) is 8.70. The lowest BCUT2D eigenvalue weighted by Gasteiger charge is -2.37. The highest BCUT2D eigenvalue weighted by Gasteiger charge is 2.30. The molecular formula is C12H23N3O5S. The van der Waals surface area contributed by atoms with Crippen molar-refractivity contribution in [3.8, 4) is 0 Å². The summed E-state index contributed by atoms with van der Waals surface area (Å²) >= 11 is 0. The van der Waals surface area contributed by atoms with Gasteiger partial charge in [0.1, 0.15) is 0 Å². The molecule has 1 saturated heterocycles. The van der Waals surface area contributed by atoms with Gasteiger partial charge in [-0.15, -0.1) is 0 Å². The van der Waals surface area contributed by atoms with Crippen LogP contribution in [0.5, 0.6) is 0 Å². The van der Waals surface area contributed by atoms with Gasteiger partial charge >= 0.3 is 5.97 Å². The molecule has 1 rings (SSSR count). The Morgan fingerprint density at radius 2 is 2.10 bits per heavy atom. The molecule has 1 aliphatic rings. The molecule has 0 saturated carbocycles. The van der Waals surface area contributed by atoms with E-state index in [1.165, 1.54) is 0 Å². The van der Waals surface area contributed by atoms with E-state index in [-0.39, 0.29) is 18.5 Å². The van der Waals surface area contributed by atoms with Crippen LogP contribution < -0.4 is 10.5 Å². The monoisotopic (exact) mass is 321 g/mol. The molecule has 21 heavy (non-hydrogen) atoms. The zero-order valence-electron chi connectivity index (χ0n) is 12.1. The largest absolute Gasteiger partial charge is 0.481 e. The van der Waals surface area contributed by atoms with Crippen LogP contribution in [0.4, 0.5) is 0 Å². The maximum absolute atomic E-state index is 12.2. The van der Waals surface area contributed by atoms with Crippen molar-refractivity contribution in [2.24, 2.45) is 5.73 Å². The van der Waals surface area contributed by atoms with Crippen molar-refractivity contribution in [2.75, 3.05) is 19.3 Å². The van der Waals surface area contributed by atoms with E-state index in [1.54, 1.807) is 4.90 Å². The van der Waals surface area contributed by atoms with Crippen LogP contribution in [0.15, 0.2) is 0 Å². The molecule has 0 aliphatic carbocycles. The van der Waals surface area contributed by atoms with Crippen molar-refractivity contribution in [2.45, 2.75) is 44.2 Å². The zero-order valence-corrected chi connectivity index (χ0v) is 12.9. The molecule has 1 fully saturated rings. The molecule has 0 spiro atoms. The second-order valence-electron chi connectivity index (χ2n) is 5.34. The quantitative estimate of drug-likeness (QED) is 0.557. The first kappa shape index (κ1) is 17.9. The molecule has 0 aromatic rings. The minimum Gasteiger partial charge on any atom is -0.481 e. The van der Waals surface area contributed by atoms with E-state index in [4.69, 9.17) is 10.8 Å². The number of aliphatic carboxylic acids is 1. The van der Waals surface area contributed by atoms with Gasteiger partial charge in [-0.25, -0.2) is 13.1 Å². The Labute approximate surface area is 124 Å². The number of carboxylic acids is 1. The first-order valence-corrected chi connectivity index (χ1v) is 8.82. The Kier molecular flexibility index (Phi) is 6.56. The summed E-state index contributed by atoms with van der Waals surface area (Å²) in [4.78, 5) is 24.4. The summed E-state index contributed by atoms with van der Waals surface area (Å²) in [6.45, 7) is 0.789. The summed E-state index contributed by atoms with van der Waals surface area (Å²) in [6.07, 6.45) is 3.77. The molecule has 122 valence electrons. The van der Waals surface area contributed by atoms with Crippen LogP contribution >= 0.6 is 0 Å². The van der Waals surface area contributed by atoms with Gasteiger partial charge in [0, 0.05) is 19.1 Å². The van der Waals surface area contributed by atoms with Crippen molar-refractivity contribution >= 4 is 21.9 Å². The Morgan fingerprint density at radius 1 is 1.43 bits per heavy atom. The standard InChI is InChI=1S/C12H23N3O5S/c1-21(19,20)14-6-5-9-4-2-3-7-15(9)12(18)10(13)8-11(16)17/h9-10,14H,2-8,13H2,1H3,(H,16,17). The summed E-state index contributed by atoms with van der Waals surface area (Å²) in [5.74, 6) is -1.48. The van der Waals surface area contributed by atoms with E-state index in [2.05, 4.69) is 4.72 Å². The lowest BCUT2D eigenvalue weighted by atomic mass is 9.98. The molecular weight excluding hydrogens is 298 g/mol. The van der Waals surface area contributed by atoms with Crippen molar-refractivity contribution < 1.29 is 23.1 Å². The fraction of sp³-hybridized carbons (Fsp3) is 0.833. The second-order valence-corrected chi connectivity index (χ2v) is 7.17. The number of amides is 1. The number of carbonyl (C=O) groups is 2. The van der Waals surface area contributed by atoms with Crippen LogP contribution in [0.1, 0.15) is 32.1 Å². The third-order valence-electron chi connectivity index (χ3n) is 3.46. The van der Waals surface area contributed by atoms with E-state index in [1.807, 2.05) is 0 Å². The molecule has 0 radical (unpaired) electrons. The van der Waals surface area contributed by atoms with Crippen molar-refractivity contribution in [3.05, 3.63) is 0 Å². The Bertz CT molecular complexity index is 479. The van der Waals surface area contributed by atoms with E-state index in [0.29, 0.717) is 13.0 Å². The Balaban J connectivity index is 2.59. The fourth-order valence-electron chi connectivity index (χ4n) is 2.49. The molecule has 1 aliphatic heterocycles. The number of nitrogens with one attached hydrogen (secondary N) is 1. The van der Waals surface area contributed by atoms with Gasteiger partial charge in [-0.2, -0.15) is 0 Å². The van der Waals surface area contributed by atoms with Crippen molar-refractivity contribution in [3.63, 3.8) is 0 Å². The summed E-state index contributed by atoms with van der Waals surface area (Å²) in [6, 6.07) is -1.15. The van der Waals surface area contributed by atoms with Gasteiger partial charge in [0.05, 0.1) is 18.7 Å². The molecule has 4 N–H and O–H groups in total. The maximum Gasteiger partial charge on any atom is 0.305 e. The Hall–Kier alpha value is -1.19. The number of piperidine rings is 1. The number of likely N-dealkylation sites (tertiary alicyclic amines) is 1. The minimum atomic E-state index is -3.25. The number of carbonyl (C=O) groups excluding carboxylic acids is 1. The second kappa shape index (κ2) is 7.71. The molecule has 0 aromatic carbocycles. The number of rotatable bonds is 7. The first-order chi connectivity index (χ1) is 9.70. The predicted molar refractivity (Wildman–Crippen MR) is 77.0 cm³/mol. The van der Waals surface area contributed by atoms with Gasteiger partial charge < -0.3 is 15.7 Å². The number of sulfonamides is 1. The molecule has 0 aromatic heterocycles. The summed E-state index contributed by atoms with van der Waals surface area (Å²) in [5.41, 5.74) is 5.63. The lowest BCUT2D eigenvalue weighted by molar-refractivity contribution is -0.143. The smallest absolute Gasteiger partial charge is 0.305 e. The third-order valence-corrected chi connectivity index (χ3v) is 4.19. The van der Waals surface area contributed by atoms with E-state index < -0.39 is 28.5 Å². The van der Waals surface area contributed by atoms with Crippen LogP contribution in [-0.2, 0) is 19.6 Å². The molecule has 2 atom stereocenters. The minimum absolute atomic E-state index is 0.0969. The average Bonchev–Trinajstić information content (AvgIpc) is 2.36. The molecule has 8 nitrogen and oxygen atoms in total. The lowest BCUT2D eigenvalue weighted by Crippen LogP contribution is -2.52. The number of hydrogen-bond donors (Lipinski definition) is 3. The normalized spacial score (nSPS) is 21.0. The Morgan fingerprint density at radius 3 is 2.67 bits per heavy atom. The zero-order chi connectivity index (χ0) is 16.0. The molecule has 2 unspecified atom stereocenters. The highest BCUT2D eigenvalue weighted by atomic mass is 32.2. The van der Waals surface area contributed by atoms with Crippen LogP contribution in [0.25, 0.3) is 0 Å². The van der Waals surface area contributed by atoms with E-state index in [0.717, 1.165) is 25.5 Å². The number of carboxylic acid groups (broad SMARTS) is 1. The maximum atomic E-state index is 12.2. The topological polar surface area (TPSA) is 130 Å². The fourth-order valence-corrected chi connectivity index (χ4v) is 2.98. The molecule has 1 heterocycles. The van der Waals surface area contributed by atoms with Crippen LogP contribution in [-0.4, -0.2) is 61.7 Å². The van der Waals surface area contributed by atoms with Crippen molar-refractivity contribution in [1.82, 2.24) is 9.62 Å². The van der Waals surface area contributed by atoms with E-state index >= 15 is 0 Å². The van der Waals surface area contributed by atoms with Gasteiger partial charge in [-0.05, 0) is 25.7 Å². The van der Waals surface area contributed by atoms with Crippen LogP contribution in [0.2, 0.25) is 0 Å². The molecule has 9 heteroatoms. The van der Waals surface area contributed by atoms with Crippen LogP contribution in [0, 0.1) is 0 Å². The van der Waals surface area contributed by atoms with Crippen LogP contribution in [0.3, 0.4) is 0 Å². The van der Waals surface area contributed by atoms with Gasteiger partial charge in [0.25, 0.3) is 0 Å². The van der Waals surface area contributed by atoms with E-state index in [9.17, 15) is 18.0 Å². The van der Waals surface area contributed by atoms with Gasteiger partial charge in [0.15, 0.2) is 0 Å². The summed E-state index contributed by atoms with van der Waals surface area (Å²) in [7, 11) is -3.25. The summed E-state index contributed by atoms with van der Waals surface area (Å²) < 4.78 is 24.5. The predicted octanol–water partition coefficient (Wildman–Crippen LogP) is -0.891. The number of nitrogens with two attached hydrogens (primary N) is 1. The van der Waals surface area contributed by atoms with Gasteiger partial charge in [-0.3, -0.25) is 9.59 Å². The van der Waals surface area contributed by atoms with Gasteiger partial charge in [0.2, 0.25) is 15.9 Å². The average molecular weight is 321 g/mol. The van der Waals surface area contributed by atoms with Gasteiger partial charge in [-0.1, -0.05) is 0 Å². The first-order valence-electron chi connectivity index (χ1n) is 6.93. The molecule has 0 bridgehead atoms. The van der Waals surface area contributed by atoms with Crippen molar-refractivity contribution in [1.29, 1.82) is 0 Å². The third kappa shape index (κ3) is 6.40. The SMILES string of the molecule is CS(=O)(=O)NCCC1CCCCN1C(=O)C(N)CC(=O)O. The number of nitrogens with zero attached hydrogens (tertiary/aromatic N) is 1. The number of hydrogen-bond acceptors (Lipinski definition) is 5.